The number of carbonyl (C=O) groups excluding carboxylic acids is 1. The van der Waals surface area contributed by atoms with E-state index in [-0.39, 0.29) is 5.78 Å². The van der Waals surface area contributed by atoms with E-state index in [1.807, 2.05) is 66.7 Å². The molecule has 1 aliphatic rings. The monoisotopic (exact) mass is 409 g/mol. The van der Waals surface area contributed by atoms with Crippen LogP contribution >= 0.6 is 11.8 Å². The average molecular weight is 409 g/mol. The van der Waals surface area contributed by atoms with Crippen LogP contribution in [0.4, 0.5) is 0 Å². The summed E-state index contributed by atoms with van der Waals surface area (Å²) in [6.45, 7) is 0. The SMILES string of the molecule is COc1nc2c3c(cccc3c1Sc1nc3ccccc3[nH]1)C(=O)c1ccccc1-2. The van der Waals surface area contributed by atoms with Crippen molar-refractivity contribution in [2.45, 2.75) is 10.1 Å². The number of ketones is 1. The van der Waals surface area contributed by atoms with Gasteiger partial charge in [-0.2, -0.15) is 0 Å². The minimum absolute atomic E-state index is 0.0235. The normalized spacial score (nSPS) is 12.4. The van der Waals surface area contributed by atoms with E-state index in [0.29, 0.717) is 17.0 Å². The summed E-state index contributed by atoms with van der Waals surface area (Å²) in [6, 6.07) is 21.3. The summed E-state index contributed by atoms with van der Waals surface area (Å²) >= 11 is 1.46. The number of rotatable bonds is 3. The third-order valence-corrected chi connectivity index (χ3v) is 6.37. The highest BCUT2D eigenvalue weighted by molar-refractivity contribution is 7.99. The number of carbonyl (C=O) groups is 1. The van der Waals surface area contributed by atoms with Crippen molar-refractivity contribution in [3.8, 4) is 17.1 Å². The number of aromatic amines is 1. The molecule has 0 bridgehead atoms. The maximum atomic E-state index is 13.2. The number of ether oxygens (including phenoxy) is 1. The first-order chi connectivity index (χ1) is 14.7. The van der Waals surface area contributed by atoms with E-state index in [2.05, 4.69) is 9.97 Å². The van der Waals surface area contributed by atoms with Crippen molar-refractivity contribution >= 4 is 39.4 Å². The van der Waals surface area contributed by atoms with E-state index in [1.165, 1.54) is 11.8 Å². The van der Waals surface area contributed by atoms with Crippen LogP contribution < -0.4 is 4.74 Å². The number of benzene rings is 3. The summed E-state index contributed by atoms with van der Waals surface area (Å²) in [5.41, 5.74) is 4.83. The zero-order chi connectivity index (χ0) is 20.2. The molecule has 6 rings (SSSR count). The van der Waals surface area contributed by atoms with Crippen LogP contribution in [0.2, 0.25) is 0 Å². The van der Waals surface area contributed by atoms with Crippen LogP contribution in [0.3, 0.4) is 0 Å². The Kier molecular flexibility index (Phi) is 3.70. The van der Waals surface area contributed by atoms with Gasteiger partial charge in [-0.3, -0.25) is 4.79 Å². The maximum Gasteiger partial charge on any atom is 0.228 e. The minimum Gasteiger partial charge on any atom is -0.480 e. The van der Waals surface area contributed by atoms with E-state index in [4.69, 9.17) is 9.72 Å². The van der Waals surface area contributed by atoms with Gasteiger partial charge in [0.15, 0.2) is 10.9 Å². The van der Waals surface area contributed by atoms with Crippen molar-refractivity contribution in [2.24, 2.45) is 0 Å². The Morgan fingerprint density at radius 1 is 0.867 bits per heavy atom. The van der Waals surface area contributed by atoms with Gasteiger partial charge in [-0.1, -0.05) is 54.6 Å². The average Bonchev–Trinajstić information content (AvgIpc) is 3.20. The highest BCUT2D eigenvalue weighted by atomic mass is 32.2. The molecule has 144 valence electrons. The van der Waals surface area contributed by atoms with E-state index in [9.17, 15) is 4.79 Å². The number of methoxy groups -OCH3 is 1. The molecule has 5 aromatic rings. The molecular formula is C24H15N3O2S. The lowest BCUT2D eigenvalue weighted by Gasteiger charge is -2.21. The summed E-state index contributed by atoms with van der Waals surface area (Å²) < 4.78 is 5.69. The van der Waals surface area contributed by atoms with Gasteiger partial charge in [0.1, 0.15) is 0 Å². The van der Waals surface area contributed by atoms with E-state index < -0.39 is 0 Å². The zero-order valence-electron chi connectivity index (χ0n) is 16.0. The highest BCUT2D eigenvalue weighted by Gasteiger charge is 2.29. The number of imidazole rings is 1. The topological polar surface area (TPSA) is 67.9 Å². The summed E-state index contributed by atoms with van der Waals surface area (Å²) in [5, 5.41) is 2.54. The molecule has 30 heavy (non-hydrogen) atoms. The number of hydrogen-bond acceptors (Lipinski definition) is 5. The Bertz CT molecular complexity index is 1460. The second kappa shape index (κ2) is 6.43. The fourth-order valence-corrected chi connectivity index (χ4v) is 5.04. The van der Waals surface area contributed by atoms with Crippen LogP contribution in [0, 0.1) is 0 Å². The zero-order valence-corrected chi connectivity index (χ0v) is 16.8. The molecule has 3 aromatic carbocycles. The fourth-order valence-electron chi connectivity index (χ4n) is 4.05. The highest BCUT2D eigenvalue weighted by Crippen LogP contribution is 2.46. The lowest BCUT2D eigenvalue weighted by atomic mass is 9.86. The predicted octanol–water partition coefficient (Wildman–Crippen LogP) is 5.48. The lowest BCUT2D eigenvalue weighted by molar-refractivity contribution is 0.104. The van der Waals surface area contributed by atoms with Crippen LogP contribution in [-0.4, -0.2) is 27.8 Å². The molecule has 0 amide bonds. The number of nitrogens with zero attached hydrogens (tertiary/aromatic N) is 2. The molecule has 0 unspecified atom stereocenters. The largest absolute Gasteiger partial charge is 0.480 e. The summed E-state index contributed by atoms with van der Waals surface area (Å²) in [5.74, 6) is 0.541. The minimum atomic E-state index is 0.0235. The standard InChI is InChI=1S/C24H15N3O2S/c1-29-23-22(30-24-25-17-11-4-5-12-18(17)26-24)16-10-6-9-15-19(16)20(27-23)13-7-2-3-8-14(13)21(15)28/h2-12H,1H3,(H,25,26). The molecule has 0 aliphatic heterocycles. The van der Waals surface area contributed by atoms with Crippen LogP contribution in [0.1, 0.15) is 15.9 Å². The molecule has 0 spiro atoms. The number of nitrogens with one attached hydrogen (secondary N) is 1. The van der Waals surface area contributed by atoms with Crippen LogP contribution in [0.25, 0.3) is 33.1 Å². The molecule has 0 atom stereocenters. The molecule has 2 heterocycles. The Hall–Kier alpha value is -3.64. The molecule has 0 saturated carbocycles. The molecule has 5 nitrogen and oxygen atoms in total. The molecular weight excluding hydrogens is 394 g/mol. The Morgan fingerprint density at radius 2 is 1.63 bits per heavy atom. The molecule has 0 saturated heterocycles. The maximum absolute atomic E-state index is 13.2. The Balaban J connectivity index is 1.63. The van der Waals surface area contributed by atoms with Crippen molar-refractivity contribution in [3.63, 3.8) is 0 Å². The third kappa shape index (κ3) is 2.40. The molecule has 1 aliphatic carbocycles. The van der Waals surface area contributed by atoms with Crippen LogP contribution in [0.5, 0.6) is 5.88 Å². The first-order valence-electron chi connectivity index (χ1n) is 9.52. The molecule has 0 fully saturated rings. The van der Waals surface area contributed by atoms with Crippen molar-refractivity contribution in [1.29, 1.82) is 0 Å². The number of pyridine rings is 1. The summed E-state index contributed by atoms with van der Waals surface area (Å²) in [4.78, 5) is 26.8. The summed E-state index contributed by atoms with van der Waals surface area (Å²) in [6.07, 6.45) is 0. The second-order valence-electron chi connectivity index (χ2n) is 7.06. The van der Waals surface area contributed by atoms with E-state index in [1.54, 1.807) is 7.11 Å². The van der Waals surface area contributed by atoms with E-state index in [0.717, 1.165) is 43.1 Å². The number of H-pyrrole nitrogens is 1. The van der Waals surface area contributed by atoms with Gasteiger partial charge in [-0.15, -0.1) is 0 Å². The van der Waals surface area contributed by atoms with Crippen molar-refractivity contribution in [1.82, 2.24) is 15.0 Å². The number of fused-ring (bicyclic) bond motifs is 3. The van der Waals surface area contributed by atoms with Gasteiger partial charge < -0.3 is 9.72 Å². The van der Waals surface area contributed by atoms with Crippen LogP contribution in [-0.2, 0) is 0 Å². The van der Waals surface area contributed by atoms with Gasteiger partial charge in [0, 0.05) is 27.5 Å². The first kappa shape index (κ1) is 17.2. The smallest absolute Gasteiger partial charge is 0.228 e. The van der Waals surface area contributed by atoms with Gasteiger partial charge >= 0.3 is 0 Å². The second-order valence-corrected chi connectivity index (χ2v) is 8.06. The Labute approximate surface area is 176 Å². The number of hydrogen-bond donors (Lipinski definition) is 1. The predicted molar refractivity (Wildman–Crippen MR) is 117 cm³/mol. The van der Waals surface area contributed by atoms with Gasteiger partial charge in [-0.05, 0) is 23.9 Å². The van der Waals surface area contributed by atoms with Crippen molar-refractivity contribution in [2.75, 3.05) is 7.11 Å². The molecule has 6 heteroatoms. The van der Waals surface area contributed by atoms with Crippen molar-refractivity contribution < 1.29 is 9.53 Å². The van der Waals surface area contributed by atoms with Crippen molar-refractivity contribution in [3.05, 3.63) is 77.9 Å². The summed E-state index contributed by atoms with van der Waals surface area (Å²) in [7, 11) is 1.62. The van der Waals surface area contributed by atoms with E-state index >= 15 is 0 Å². The lowest BCUT2D eigenvalue weighted by Crippen LogP contribution is -2.11. The third-order valence-electron chi connectivity index (χ3n) is 5.38. The number of aromatic nitrogens is 3. The molecule has 0 radical (unpaired) electrons. The molecule has 2 aromatic heterocycles. The van der Waals surface area contributed by atoms with Gasteiger partial charge in [0.2, 0.25) is 5.88 Å². The quantitative estimate of drug-likeness (QED) is 0.419. The fraction of sp³-hybridized carbons (Fsp3) is 0.0417. The molecule has 1 N–H and O–H groups in total. The van der Waals surface area contributed by atoms with Crippen LogP contribution in [0.15, 0.2) is 76.8 Å². The van der Waals surface area contributed by atoms with Gasteiger partial charge in [-0.25, -0.2) is 9.97 Å². The Morgan fingerprint density at radius 3 is 2.47 bits per heavy atom. The van der Waals surface area contributed by atoms with Gasteiger partial charge in [0.25, 0.3) is 0 Å². The number of para-hydroxylation sites is 2. The van der Waals surface area contributed by atoms with Gasteiger partial charge in [0.05, 0.1) is 28.7 Å². The first-order valence-corrected chi connectivity index (χ1v) is 10.3.